The Bertz CT molecular complexity index is 1730. The molecule has 1 unspecified atom stereocenters. The number of para-hydroxylation sites is 2. The molecule has 0 fully saturated rings. The number of aromatic nitrogens is 1. The van der Waals surface area contributed by atoms with Gasteiger partial charge in [-0.25, -0.2) is 0 Å². The van der Waals surface area contributed by atoms with Crippen molar-refractivity contribution < 1.29 is 0 Å². The van der Waals surface area contributed by atoms with E-state index in [9.17, 15) is 0 Å². The van der Waals surface area contributed by atoms with Gasteiger partial charge in [0, 0.05) is 15.8 Å². The Morgan fingerprint density at radius 1 is 0.795 bits per heavy atom. The third kappa shape index (κ3) is 4.41. The van der Waals surface area contributed by atoms with Crippen LogP contribution in [0.3, 0.4) is 0 Å². The highest BCUT2D eigenvalue weighted by Gasteiger charge is 2.21. The molecule has 4 aromatic carbocycles. The lowest BCUT2D eigenvalue weighted by Gasteiger charge is -2.33. The first-order chi connectivity index (χ1) is 19.3. The molecule has 3 nitrogen and oxygen atoms in total. The summed E-state index contributed by atoms with van der Waals surface area (Å²) in [5, 5.41) is 6.12. The van der Waals surface area contributed by atoms with Gasteiger partial charge < -0.3 is 14.8 Å². The van der Waals surface area contributed by atoms with Gasteiger partial charge in [0.25, 0.3) is 0 Å². The molecule has 7 rings (SSSR count). The lowest BCUT2D eigenvalue weighted by atomic mass is 9.94. The van der Waals surface area contributed by atoms with Crippen molar-refractivity contribution in [2.24, 2.45) is 0 Å². The van der Waals surface area contributed by atoms with Crippen LogP contribution in [0.25, 0.3) is 33.6 Å². The third-order valence-corrected chi connectivity index (χ3v) is 8.04. The third-order valence-electron chi connectivity index (χ3n) is 7.51. The van der Waals surface area contributed by atoms with Crippen molar-refractivity contribution in [1.82, 2.24) is 4.57 Å². The molecule has 39 heavy (non-hydrogen) atoms. The Hall–Kier alpha value is -4.28. The molecule has 0 saturated carbocycles. The summed E-state index contributed by atoms with van der Waals surface area (Å²) >= 11 is 3.58. The molecule has 4 heteroatoms. The molecular formula is C35H27BrN3-. The van der Waals surface area contributed by atoms with Gasteiger partial charge in [-0.3, -0.25) is 0 Å². The van der Waals surface area contributed by atoms with E-state index in [0.717, 1.165) is 22.4 Å². The van der Waals surface area contributed by atoms with Crippen molar-refractivity contribution in [3.63, 3.8) is 0 Å². The fraction of sp³-hybridized carbons (Fsp3) is 0.0857. The van der Waals surface area contributed by atoms with Crippen molar-refractivity contribution in [3.05, 3.63) is 148 Å². The second-order valence-corrected chi connectivity index (χ2v) is 10.8. The Labute approximate surface area is 237 Å². The second-order valence-electron chi connectivity index (χ2n) is 9.89. The maximum absolute atomic E-state index is 4.88. The molecule has 1 aromatic heterocycles. The van der Waals surface area contributed by atoms with Crippen molar-refractivity contribution in [3.8, 4) is 5.69 Å². The molecule has 0 saturated heterocycles. The zero-order valence-corrected chi connectivity index (χ0v) is 23.0. The fourth-order valence-electron chi connectivity index (χ4n) is 5.69. The first-order valence-corrected chi connectivity index (χ1v) is 14.1. The molecule has 0 spiro atoms. The van der Waals surface area contributed by atoms with Gasteiger partial charge in [0.2, 0.25) is 0 Å². The maximum Gasteiger partial charge on any atom is 0.0560 e. The van der Waals surface area contributed by atoms with E-state index in [2.05, 4.69) is 159 Å². The van der Waals surface area contributed by atoms with Crippen LogP contribution in [0.2, 0.25) is 0 Å². The Morgan fingerprint density at radius 3 is 2.28 bits per heavy atom. The number of hydrogen-bond donors (Lipinski definition) is 0. The highest BCUT2D eigenvalue weighted by atomic mass is 79.9. The summed E-state index contributed by atoms with van der Waals surface area (Å²) < 4.78 is 3.37. The molecule has 2 heterocycles. The van der Waals surface area contributed by atoms with Crippen LogP contribution < -0.4 is 4.90 Å². The number of nitrogens with zero attached hydrogens (tertiary/aromatic N) is 3. The smallest absolute Gasteiger partial charge is 0.0560 e. The zero-order valence-electron chi connectivity index (χ0n) is 21.4. The molecule has 2 aliphatic rings. The molecule has 5 aromatic rings. The van der Waals surface area contributed by atoms with Crippen molar-refractivity contribution in [2.45, 2.75) is 12.5 Å². The fourth-order valence-corrected chi connectivity index (χ4v) is 5.95. The minimum atomic E-state index is 0.231. The van der Waals surface area contributed by atoms with Gasteiger partial charge in [0.05, 0.1) is 6.04 Å². The van der Waals surface area contributed by atoms with Crippen LogP contribution in [-0.2, 0) is 0 Å². The predicted molar refractivity (Wildman–Crippen MR) is 168 cm³/mol. The van der Waals surface area contributed by atoms with Gasteiger partial charge in [-0.1, -0.05) is 107 Å². The molecule has 1 aliphatic heterocycles. The van der Waals surface area contributed by atoms with Gasteiger partial charge in [-0.15, -0.1) is 0 Å². The Morgan fingerprint density at radius 2 is 1.54 bits per heavy atom. The van der Waals surface area contributed by atoms with E-state index in [1.165, 1.54) is 39.0 Å². The zero-order chi connectivity index (χ0) is 26.2. The van der Waals surface area contributed by atoms with Gasteiger partial charge in [-0.2, -0.15) is 0 Å². The minimum Gasteiger partial charge on any atom is -0.461 e. The molecule has 0 bridgehead atoms. The number of anilines is 2. The van der Waals surface area contributed by atoms with Gasteiger partial charge in [-0.05, 0) is 94.5 Å². The summed E-state index contributed by atoms with van der Waals surface area (Å²) in [6.07, 6.45) is 12.3. The molecule has 0 amide bonds. The summed E-state index contributed by atoms with van der Waals surface area (Å²) in [6, 6.07) is 36.8. The van der Waals surface area contributed by atoms with Crippen LogP contribution in [-0.4, -0.2) is 17.2 Å². The summed E-state index contributed by atoms with van der Waals surface area (Å²) in [5.74, 6) is 1.04. The second kappa shape index (κ2) is 10.1. The number of hydrogen-bond acceptors (Lipinski definition) is 1. The molecular weight excluding hydrogens is 542 g/mol. The van der Waals surface area contributed by atoms with Gasteiger partial charge in [0.15, 0.2) is 0 Å². The van der Waals surface area contributed by atoms with E-state index in [4.69, 9.17) is 5.32 Å². The van der Waals surface area contributed by atoms with E-state index in [1.54, 1.807) is 0 Å². The largest absolute Gasteiger partial charge is 0.461 e. The van der Waals surface area contributed by atoms with Crippen LogP contribution in [0, 0.1) is 0 Å². The van der Waals surface area contributed by atoms with Gasteiger partial charge in [0.1, 0.15) is 0 Å². The van der Waals surface area contributed by atoms with Crippen LogP contribution in [0.1, 0.15) is 17.5 Å². The predicted octanol–water partition coefficient (Wildman–Crippen LogP) is 9.98. The van der Waals surface area contributed by atoms with E-state index >= 15 is 0 Å². The summed E-state index contributed by atoms with van der Waals surface area (Å²) in [5.41, 5.74) is 8.40. The average Bonchev–Trinajstić information content (AvgIpc) is 3.33. The Balaban J connectivity index is 1.24. The molecule has 1 atom stereocenters. The number of halogens is 1. The molecule has 190 valence electrons. The maximum atomic E-state index is 4.88. The van der Waals surface area contributed by atoms with Crippen LogP contribution in [0.15, 0.2) is 132 Å². The Kier molecular flexibility index (Phi) is 6.18. The summed E-state index contributed by atoms with van der Waals surface area (Å²) in [7, 11) is 0. The van der Waals surface area contributed by atoms with E-state index < -0.39 is 0 Å². The lowest BCUT2D eigenvalue weighted by Crippen LogP contribution is -2.30. The summed E-state index contributed by atoms with van der Waals surface area (Å²) in [6.45, 7) is 0.717. The first-order valence-electron chi connectivity index (χ1n) is 13.3. The SMILES string of the molecule is Brc1ccc(N(c2ccccc2)C2C=CC(c3ccc4c(c3)c3c(n4-c4ccccc4)[N-]CC=C3)=CC2)cc1. The van der Waals surface area contributed by atoms with Crippen molar-refractivity contribution in [2.75, 3.05) is 11.4 Å². The highest BCUT2D eigenvalue weighted by Crippen LogP contribution is 2.42. The normalized spacial score (nSPS) is 16.0. The van der Waals surface area contributed by atoms with Crippen LogP contribution >= 0.6 is 15.9 Å². The van der Waals surface area contributed by atoms with Gasteiger partial charge >= 0.3 is 0 Å². The molecule has 0 N–H and O–H groups in total. The van der Waals surface area contributed by atoms with E-state index in [0.29, 0.717) is 6.54 Å². The number of rotatable bonds is 5. The van der Waals surface area contributed by atoms with Crippen molar-refractivity contribution in [1.29, 1.82) is 0 Å². The summed E-state index contributed by atoms with van der Waals surface area (Å²) in [4.78, 5) is 2.42. The lowest BCUT2D eigenvalue weighted by molar-refractivity contribution is 0.787. The standard InChI is InChI=1S/C35H27BrN3/c36-27-16-20-31(21-17-27)38(28-8-3-1-4-9-28)30-18-13-25(14-19-30)26-15-22-34-33(24-26)32-12-7-23-37-35(32)39(34)29-10-5-2-6-11-29/h1-18,20-22,24,30H,19,23H2/q-1. The van der Waals surface area contributed by atoms with Crippen LogP contribution in [0.4, 0.5) is 17.2 Å². The number of fused-ring (bicyclic) bond motifs is 3. The first kappa shape index (κ1) is 23.8. The van der Waals surface area contributed by atoms with E-state index in [1.807, 2.05) is 0 Å². The molecule has 0 radical (unpaired) electrons. The number of allylic oxidation sites excluding steroid dienone is 2. The molecule has 1 aliphatic carbocycles. The van der Waals surface area contributed by atoms with Crippen LogP contribution in [0.5, 0.6) is 0 Å². The minimum absolute atomic E-state index is 0.231. The van der Waals surface area contributed by atoms with Crippen molar-refractivity contribution >= 4 is 55.7 Å². The average molecular weight is 570 g/mol. The van der Waals surface area contributed by atoms with E-state index in [-0.39, 0.29) is 6.04 Å². The highest BCUT2D eigenvalue weighted by molar-refractivity contribution is 9.10. The number of benzene rings is 4. The topological polar surface area (TPSA) is 22.3 Å². The monoisotopic (exact) mass is 568 g/mol. The quantitative estimate of drug-likeness (QED) is 0.207.